The zero-order valence-electron chi connectivity index (χ0n) is 11.2. The molecule has 1 aromatic carbocycles. The number of nitrogens with zero attached hydrogens (tertiary/aromatic N) is 1. The van der Waals surface area contributed by atoms with Crippen LogP contribution in [0.1, 0.15) is 18.9 Å². The minimum Gasteiger partial charge on any atom is -0.395 e. The van der Waals surface area contributed by atoms with E-state index in [9.17, 15) is 13.5 Å². The SMILES string of the molecule is CC/C=C/[C@H]1[C@H](CO)N1S(=O)(=O)c1ccc(C)cc1. The van der Waals surface area contributed by atoms with E-state index in [1.165, 1.54) is 4.31 Å². The van der Waals surface area contributed by atoms with Gasteiger partial charge in [0.25, 0.3) is 0 Å². The second kappa shape index (κ2) is 5.45. The van der Waals surface area contributed by atoms with Gasteiger partial charge in [-0.05, 0) is 25.5 Å². The lowest BCUT2D eigenvalue weighted by molar-refractivity contribution is 0.286. The molecule has 1 saturated heterocycles. The molecular formula is C14H19NO3S. The first kappa shape index (κ1) is 14.2. The monoisotopic (exact) mass is 281 g/mol. The molecule has 1 heterocycles. The number of sulfonamides is 1. The van der Waals surface area contributed by atoms with Gasteiger partial charge in [0.15, 0.2) is 0 Å². The lowest BCUT2D eigenvalue weighted by Gasteiger charge is -2.06. The zero-order valence-corrected chi connectivity index (χ0v) is 12.0. The van der Waals surface area contributed by atoms with Crippen LogP contribution in [0.15, 0.2) is 41.3 Å². The number of hydrogen-bond donors (Lipinski definition) is 1. The van der Waals surface area contributed by atoms with E-state index in [2.05, 4.69) is 0 Å². The van der Waals surface area contributed by atoms with Crippen LogP contribution >= 0.6 is 0 Å². The van der Waals surface area contributed by atoms with E-state index in [4.69, 9.17) is 0 Å². The highest BCUT2D eigenvalue weighted by Crippen LogP contribution is 2.36. The Hall–Kier alpha value is -1.17. The summed E-state index contributed by atoms with van der Waals surface area (Å²) < 4.78 is 26.2. The Balaban J connectivity index is 2.25. The van der Waals surface area contributed by atoms with Gasteiger partial charge in [0.05, 0.1) is 23.6 Å². The van der Waals surface area contributed by atoms with Crippen molar-refractivity contribution in [3.05, 3.63) is 42.0 Å². The number of benzene rings is 1. The zero-order chi connectivity index (χ0) is 14.0. The largest absolute Gasteiger partial charge is 0.395 e. The van der Waals surface area contributed by atoms with Crippen LogP contribution in [-0.4, -0.2) is 36.5 Å². The Labute approximate surface area is 114 Å². The third-order valence-corrected chi connectivity index (χ3v) is 5.21. The highest BCUT2D eigenvalue weighted by molar-refractivity contribution is 7.89. The molecule has 104 valence electrons. The average molecular weight is 281 g/mol. The summed E-state index contributed by atoms with van der Waals surface area (Å²) in [5.74, 6) is 0. The second-order valence-corrected chi connectivity index (χ2v) is 6.57. The van der Waals surface area contributed by atoms with Gasteiger partial charge in [0.1, 0.15) is 0 Å². The standard InChI is InChI=1S/C14H19NO3S/c1-3-4-5-13-14(10-16)15(13)19(17,18)12-8-6-11(2)7-9-12/h4-9,13-14,16H,3,10H2,1-2H3/b5-4+/t13-,14-,15?/m0/s1. The van der Waals surface area contributed by atoms with Gasteiger partial charge in [-0.2, -0.15) is 4.31 Å². The Morgan fingerprint density at radius 3 is 2.47 bits per heavy atom. The lowest BCUT2D eigenvalue weighted by Crippen LogP contribution is -2.16. The molecule has 1 unspecified atom stereocenters. The number of aliphatic hydroxyl groups excluding tert-OH is 1. The summed E-state index contributed by atoms with van der Waals surface area (Å²) in [7, 11) is -3.50. The van der Waals surface area contributed by atoms with Gasteiger partial charge in [0.2, 0.25) is 10.0 Å². The minimum absolute atomic E-state index is 0.149. The molecule has 0 aliphatic carbocycles. The molecule has 1 N–H and O–H groups in total. The molecule has 0 saturated carbocycles. The van der Waals surface area contributed by atoms with Gasteiger partial charge >= 0.3 is 0 Å². The molecule has 0 aromatic heterocycles. The maximum Gasteiger partial charge on any atom is 0.244 e. The van der Waals surface area contributed by atoms with Crippen LogP contribution in [0.2, 0.25) is 0 Å². The van der Waals surface area contributed by atoms with Gasteiger partial charge < -0.3 is 5.11 Å². The van der Waals surface area contributed by atoms with Gasteiger partial charge in [-0.25, -0.2) is 8.42 Å². The molecule has 2 rings (SSSR count). The number of hydrogen-bond acceptors (Lipinski definition) is 3. The predicted octanol–water partition coefficient (Wildman–Crippen LogP) is 1.70. The fourth-order valence-corrected chi connectivity index (χ4v) is 3.87. The second-order valence-electron chi connectivity index (χ2n) is 4.72. The first-order valence-corrected chi connectivity index (χ1v) is 7.84. The van der Waals surface area contributed by atoms with E-state index >= 15 is 0 Å². The summed E-state index contributed by atoms with van der Waals surface area (Å²) in [6.45, 7) is 3.76. The topological polar surface area (TPSA) is 57.4 Å². The van der Waals surface area contributed by atoms with Gasteiger partial charge in [-0.1, -0.05) is 36.8 Å². The molecule has 0 bridgehead atoms. The van der Waals surface area contributed by atoms with E-state index in [0.29, 0.717) is 0 Å². The quantitative estimate of drug-likeness (QED) is 0.660. The molecule has 19 heavy (non-hydrogen) atoms. The molecule has 1 aliphatic rings. The number of aliphatic hydroxyl groups is 1. The molecule has 1 fully saturated rings. The minimum atomic E-state index is -3.50. The highest BCUT2D eigenvalue weighted by Gasteiger charge is 2.53. The first-order valence-electron chi connectivity index (χ1n) is 6.40. The van der Waals surface area contributed by atoms with Crippen LogP contribution in [0.4, 0.5) is 0 Å². The summed E-state index contributed by atoms with van der Waals surface area (Å²) in [5, 5.41) is 9.26. The van der Waals surface area contributed by atoms with Crippen LogP contribution in [0.25, 0.3) is 0 Å². The fraction of sp³-hybridized carbons (Fsp3) is 0.429. The fourth-order valence-electron chi connectivity index (χ4n) is 2.12. The van der Waals surface area contributed by atoms with Crippen molar-refractivity contribution in [3.63, 3.8) is 0 Å². The molecule has 1 aliphatic heterocycles. The van der Waals surface area contributed by atoms with Crippen LogP contribution in [-0.2, 0) is 10.0 Å². The van der Waals surface area contributed by atoms with Crippen molar-refractivity contribution in [3.8, 4) is 0 Å². The molecule has 4 nitrogen and oxygen atoms in total. The summed E-state index contributed by atoms with van der Waals surface area (Å²) >= 11 is 0. The smallest absolute Gasteiger partial charge is 0.244 e. The lowest BCUT2D eigenvalue weighted by atomic mass is 10.2. The molecule has 5 heteroatoms. The summed E-state index contributed by atoms with van der Waals surface area (Å²) in [5.41, 5.74) is 1.02. The summed E-state index contributed by atoms with van der Waals surface area (Å²) in [6, 6.07) is 6.24. The third-order valence-electron chi connectivity index (χ3n) is 3.28. The van der Waals surface area contributed by atoms with Crippen LogP contribution in [0.3, 0.4) is 0 Å². The van der Waals surface area contributed by atoms with Crippen LogP contribution < -0.4 is 0 Å². The average Bonchev–Trinajstić information content (AvgIpc) is 3.11. The Morgan fingerprint density at radius 1 is 1.32 bits per heavy atom. The van der Waals surface area contributed by atoms with E-state index in [1.807, 2.05) is 26.0 Å². The van der Waals surface area contributed by atoms with Crippen molar-refractivity contribution in [2.24, 2.45) is 0 Å². The molecule has 0 spiro atoms. The van der Waals surface area contributed by atoms with Crippen LogP contribution in [0.5, 0.6) is 0 Å². The van der Waals surface area contributed by atoms with E-state index in [-0.39, 0.29) is 23.6 Å². The maximum atomic E-state index is 12.4. The Bertz CT molecular complexity index is 563. The number of allylic oxidation sites excluding steroid dienone is 1. The Kier molecular flexibility index (Phi) is 4.08. The molecular weight excluding hydrogens is 262 g/mol. The summed E-state index contributed by atoms with van der Waals surface area (Å²) in [6.07, 6.45) is 4.64. The highest BCUT2D eigenvalue weighted by atomic mass is 32.2. The van der Waals surface area contributed by atoms with E-state index in [0.717, 1.165) is 12.0 Å². The van der Waals surface area contributed by atoms with Gasteiger partial charge in [-0.3, -0.25) is 0 Å². The van der Waals surface area contributed by atoms with Crippen molar-refractivity contribution in [2.45, 2.75) is 37.2 Å². The van der Waals surface area contributed by atoms with Gasteiger partial charge in [0, 0.05) is 0 Å². The number of aryl methyl sites for hydroxylation is 1. The van der Waals surface area contributed by atoms with Crippen LogP contribution in [0, 0.1) is 6.92 Å². The molecule has 0 radical (unpaired) electrons. The van der Waals surface area contributed by atoms with Crippen molar-refractivity contribution in [2.75, 3.05) is 6.61 Å². The van der Waals surface area contributed by atoms with Crippen molar-refractivity contribution in [1.29, 1.82) is 0 Å². The van der Waals surface area contributed by atoms with Crippen molar-refractivity contribution >= 4 is 10.0 Å². The third kappa shape index (κ3) is 2.73. The number of rotatable bonds is 5. The van der Waals surface area contributed by atoms with Crippen molar-refractivity contribution < 1.29 is 13.5 Å². The molecule has 1 aromatic rings. The Morgan fingerprint density at radius 2 is 1.95 bits per heavy atom. The first-order chi connectivity index (χ1) is 9.02. The molecule has 0 amide bonds. The van der Waals surface area contributed by atoms with E-state index in [1.54, 1.807) is 24.3 Å². The normalized spacial score (nSPS) is 26.8. The van der Waals surface area contributed by atoms with Gasteiger partial charge in [-0.15, -0.1) is 0 Å². The predicted molar refractivity (Wildman–Crippen MR) is 74.3 cm³/mol. The van der Waals surface area contributed by atoms with E-state index < -0.39 is 10.0 Å². The molecule has 3 atom stereocenters. The maximum absolute atomic E-state index is 12.4. The van der Waals surface area contributed by atoms with Crippen molar-refractivity contribution in [1.82, 2.24) is 4.31 Å². The summed E-state index contributed by atoms with van der Waals surface area (Å²) in [4.78, 5) is 0.281.